The molecule has 0 amide bonds. The number of aldehydes is 1. The van der Waals surface area contributed by atoms with Gasteiger partial charge >= 0.3 is 0 Å². The molecule has 76 valence electrons. The molecule has 0 aliphatic rings. The zero-order valence-corrected chi connectivity index (χ0v) is 9.34. The highest BCUT2D eigenvalue weighted by Gasteiger charge is 2.08. The van der Waals surface area contributed by atoms with Crippen LogP contribution in [0.4, 0.5) is 0 Å². The number of thiazole rings is 1. The number of rotatable bonds is 2. The van der Waals surface area contributed by atoms with Crippen LogP contribution < -0.4 is 0 Å². The lowest BCUT2D eigenvalue weighted by molar-refractivity contribution is 0.112. The molecule has 0 N–H and O–H groups in total. The van der Waals surface area contributed by atoms with Crippen molar-refractivity contribution in [3.8, 4) is 10.8 Å². The van der Waals surface area contributed by atoms with E-state index in [1.54, 1.807) is 6.20 Å². The predicted molar refractivity (Wildman–Crippen MR) is 58.3 cm³/mol. The van der Waals surface area contributed by atoms with Gasteiger partial charge in [-0.1, -0.05) is 11.6 Å². The molecule has 0 aromatic carbocycles. The Morgan fingerprint density at radius 3 is 2.73 bits per heavy atom. The zero-order chi connectivity index (χ0) is 10.8. The summed E-state index contributed by atoms with van der Waals surface area (Å²) in [6, 6.07) is 0. The molecular formula is C9H6ClN3OS. The fourth-order valence-electron chi connectivity index (χ4n) is 1.01. The van der Waals surface area contributed by atoms with Crippen LogP contribution in [0.2, 0.25) is 5.15 Å². The van der Waals surface area contributed by atoms with E-state index in [1.807, 2.05) is 6.92 Å². The maximum Gasteiger partial charge on any atom is 0.190 e. The van der Waals surface area contributed by atoms with Crippen LogP contribution in [-0.2, 0) is 0 Å². The van der Waals surface area contributed by atoms with E-state index in [0.29, 0.717) is 17.1 Å². The third-order valence-corrected chi connectivity index (χ3v) is 2.92. The number of hydrogen-bond acceptors (Lipinski definition) is 5. The normalized spacial score (nSPS) is 10.3. The molecule has 0 atom stereocenters. The van der Waals surface area contributed by atoms with Crippen LogP contribution >= 0.6 is 22.9 Å². The van der Waals surface area contributed by atoms with Gasteiger partial charge < -0.3 is 0 Å². The molecule has 2 heterocycles. The van der Waals surface area contributed by atoms with E-state index in [9.17, 15) is 4.79 Å². The van der Waals surface area contributed by atoms with E-state index in [2.05, 4.69) is 15.0 Å². The molecule has 0 bridgehead atoms. The van der Waals surface area contributed by atoms with Crippen LogP contribution in [0.3, 0.4) is 0 Å². The largest absolute Gasteiger partial charge is 0.298 e. The van der Waals surface area contributed by atoms with E-state index >= 15 is 0 Å². The molecule has 2 aromatic rings. The Morgan fingerprint density at radius 2 is 2.20 bits per heavy atom. The van der Waals surface area contributed by atoms with Crippen molar-refractivity contribution in [3.63, 3.8) is 0 Å². The first-order chi connectivity index (χ1) is 7.20. The molecule has 0 saturated carbocycles. The molecule has 0 radical (unpaired) electrons. The molecule has 6 heteroatoms. The van der Waals surface area contributed by atoms with Crippen molar-refractivity contribution in [2.24, 2.45) is 0 Å². The Labute approximate surface area is 95.0 Å². The van der Waals surface area contributed by atoms with Gasteiger partial charge in [-0.15, -0.1) is 11.3 Å². The zero-order valence-electron chi connectivity index (χ0n) is 7.77. The van der Waals surface area contributed by atoms with E-state index < -0.39 is 0 Å². The lowest BCUT2D eigenvalue weighted by Crippen LogP contribution is -1.93. The first kappa shape index (κ1) is 10.2. The SMILES string of the molecule is Cc1cnc(-c2ncc(C=O)c(Cl)n2)s1. The minimum atomic E-state index is 0.155. The van der Waals surface area contributed by atoms with Crippen molar-refractivity contribution in [1.82, 2.24) is 15.0 Å². The third kappa shape index (κ3) is 2.03. The van der Waals surface area contributed by atoms with Gasteiger partial charge in [0.25, 0.3) is 0 Å². The number of halogens is 1. The van der Waals surface area contributed by atoms with Gasteiger partial charge in [0.05, 0.1) is 5.56 Å². The number of nitrogens with zero attached hydrogens (tertiary/aromatic N) is 3. The number of carbonyl (C=O) groups is 1. The topological polar surface area (TPSA) is 55.7 Å². The Morgan fingerprint density at radius 1 is 1.40 bits per heavy atom. The van der Waals surface area contributed by atoms with Gasteiger partial charge in [-0.3, -0.25) is 4.79 Å². The minimum absolute atomic E-state index is 0.155. The van der Waals surface area contributed by atoms with Gasteiger partial charge in [-0.2, -0.15) is 0 Å². The summed E-state index contributed by atoms with van der Waals surface area (Å²) in [4.78, 5) is 23.7. The van der Waals surface area contributed by atoms with Gasteiger partial charge in [-0.05, 0) is 6.92 Å². The van der Waals surface area contributed by atoms with E-state index in [-0.39, 0.29) is 10.7 Å². The fraction of sp³-hybridized carbons (Fsp3) is 0.111. The van der Waals surface area contributed by atoms with Crippen molar-refractivity contribution in [2.45, 2.75) is 6.92 Å². The van der Waals surface area contributed by atoms with Crippen molar-refractivity contribution in [1.29, 1.82) is 0 Å². The average molecular weight is 240 g/mol. The number of aryl methyl sites for hydroxylation is 1. The van der Waals surface area contributed by atoms with Crippen LogP contribution in [0.1, 0.15) is 15.2 Å². The summed E-state index contributed by atoms with van der Waals surface area (Å²) in [6.07, 6.45) is 3.76. The summed E-state index contributed by atoms with van der Waals surface area (Å²) in [6.45, 7) is 1.95. The van der Waals surface area contributed by atoms with Crippen molar-refractivity contribution in [3.05, 3.63) is 28.0 Å². The second kappa shape index (κ2) is 4.04. The first-order valence-corrected chi connectivity index (χ1v) is 5.30. The summed E-state index contributed by atoms with van der Waals surface area (Å²) in [7, 11) is 0. The maximum absolute atomic E-state index is 10.5. The Bertz CT molecular complexity index is 512. The van der Waals surface area contributed by atoms with Crippen LogP contribution in [0.25, 0.3) is 10.8 Å². The summed E-state index contributed by atoms with van der Waals surface area (Å²) in [5.74, 6) is 0.448. The molecule has 0 unspecified atom stereocenters. The summed E-state index contributed by atoms with van der Waals surface area (Å²) in [5.41, 5.74) is 0.286. The highest BCUT2D eigenvalue weighted by Crippen LogP contribution is 2.22. The fourth-order valence-corrected chi connectivity index (χ4v) is 1.89. The molecule has 15 heavy (non-hydrogen) atoms. The summed E-state index contributed by atoms with van der Waals surface area (Å²) < 4.78 is 0. The van der Waals surface area contributed by atoms with Crippen molar-refractivity contribution < 1.29 is 4.79 Å². The van der Waals surface area contributed by atoms with Crippen molar-refractivity contribution >= 4 is 29.2 Å². The third-order valence-electron chi connectivity index (χ3n) is 1.71. The molecule has 0 spiro atoms. The molecule has 0 aliphatic carbocycles. The standard InChI is InChI=1S/C9H6ClN3OS/c1-5-2-12-9(15-5)8-11-3-6(4-14)7(10)13-8/h2-4H,1H3. The van der Waals surface area contributed by atoms with Crippen LogP contribution in [0.15, 0.2) is 12.4 Å². The number of hydrogen-bond donors (Lipinski definition) is 0. The minimum Gasteiger partial charge on any atom is -0.298 e. The lowest BCUT2D eigenvalue weighted by atomic mass is 10.4. The molecule has 0 saturated heterocycles. The van der Waals surface area contributed by atoms with Gasteiger partial charge in [0.15, 0.2) is 17.1 Å². The summed E-state index contributed by atoms with van der Waals surface area (Å²) in [5, 5.41) is 0.856. The van der Waals surface area contributed by atoms with Gasteiger partial charge in [0.2, 0.25) is 0 Å². The molecule has 0 aliphatic heterocycles. The van der Waals surface area contributed by atoms with Crippen LogP contribution in [0.5, 0.6) is 0 Å². The van der Waals surface area contributed by atoms with Crippen molar-refractivity contribution in [2.75, 3.05) is 0 Å². The van der Waals surface area contributed by atoms with Gasteiger partial charge in [-0.25, -0.2) is 15.0 Å². The molecule has 2 rings (SSSR count). The highest BCUT2D eigenvalue weighted by molar-refractivity contribution is 7.14. The van der Waals surface area contributed by atoms with Gasteiger partial charge in [0, 0.05) is 17.3 Å². The lowest BCUT2D eigenvalue weighted by Gasteiger charge is -1.97. The highest BCUT2D eigenvalue weighted by atomic mass is 35.5. The molecule has 4 nitrogen and oxygen atoms in total. The second-order valence-electron chi connectivity index (χ2n) is 2.83. The number of carbonyl (C=O) groups excluding carboxylic acids is 1. The average Bonchev–Trinajstić information content (AvgIpc) is 2.65. The van der Waals surface area contributed by atoms with E-state index in [4.69, 9.17) is 11.6 Å². The van der Waals surface area contributed by atoms with Gasteiger partial charge in [0.1, 0.15) is 5.15 Å². The summed E-state index contributed by atoms with van der Waals surface area (Å²) >= 11 is 7.26. The van der Waals surface area contributed by atoms with E-state index in [0.717, 1.165) is 4.88 Å². The second-order valence-corrected chi connectivity index (χ2v) is 4.43. The Kier molecular flexibility index (Phi) is 2.75. The molecule has 0 fully saturated rings. The molecule has 2 aromatic heterocycles. The van der Waals surface area contributed by atoms with Crippen LogP contribution in [-0.4, -0.2) is 21.2 Å². The quantitative estimate of drug-likeness (QED) is 0.596. The smallest absolute Gasteiger partial charge is 0.190 e. The first-order valence-electron chi connectivity index (χ1n) is 4.11. The maximum atomic E-state index is 10.5. The van der Waals surface area contributed by atoms with Crippen LogP contribution in [0, 0.1) is 6.92 Å². The van der Waals surface area contributed by atoms with E-state index in [1.165, 1.54) is 17.5 Å². The predicted octanol–water partition coefficient (Wildman–Crippen LogP) is 2.37. The molecular weight excluding hydrogens is 234 g/mol. The Hall–Kier alpha value is -1.33. The monoisotopic (exact) mass is 239 g/mol. The Balaban J connectivity index is 2.46. The number of aromatic nitrogens is 3.